The lowest BCUT2D eigenvalue weighted by molar-refractivity contribution is -0.420. The highest BCUT2D eigenvalue weighted by Crippen LogP contribution is 2.31. The van der Waals surface area contributed by atoms with Gasteiger partial charge in [-0.3, -0.25) is 9.59 Å². The highest BCUT2D eigenvalue weighted by molar-refractivity contribution is 7.89. The second kappa shape index (κ2) is 10.1. The summed E-state index contributed by atoms with van der Waals surface area (Å²) in [4.78, 5) is 29.0. The lowest BCUT2D eigenvalue weighted by Gasteiger charge is -2.34. The van der Waals surface area contributed by atoms with Gasteiger partial charge < -0.3 is 30.3 Å². The number of nitrogens with one attached hydrogen (secondary N) is 1. The van der Waals surface area contributed by atoms with Gasteiger partial charge in [-0.25, -0.2) is 13.4 Å². The van der Waals surface area contributed by atoms with Crippen molar-refractivity contribution >= 4 is 48.3 Å². The van der Waals surface area contributed by atoms with Crippen LogP contribution in [-0.2, 0) is 19.6 Å². The number of amides is 2. The summed E-state index contributed by atoms with van der Waals surface area (Å²) in [5.41, 5.74) is 0. The number of sulfonamides is 1. The number of benzene rings is 1. The van der Waals surface area contributed by atoms with E-state index in [1.54, 1.807) is 0 Å². The zero-order valence-electron chi connectivity index (χ0n) is 17.8. The van der Waals surface area contributed by atoms with Crippen molar-refractivity contribution in [3.05, 3.63) is 41.9 Å². The molecule has 2 heterocycles. The van der Waals surface area contributed by atoms with Crippen LogP contribution in [0.3, 0.4) is 0 Å². The van der Waals surface area contributed by atoms with Crippen molar-refractivity contribution in [2.75, 3.05) is 32.7 Å². The van der Waals surface area contributed by atoms with Crippen LogP contribution < -0.4 is 10.1 Å². The Morgan fingerprint density at radius 1 is 1.12 bits per heavy atom. The Morgan fingerprint density at radius 3 is 2.41 bits per heavy atom. The summed E-state index contributed by atoms with van der Waals surface area (Å²) in [5.74, 6) is -1.40. The van der Waals surface area contributed by atoms with Crippen LogP contribution in [0.2, 0.25) is 0 Å². The maximum Gasteiger partial charge on any atom is 0.454 e. The summed E-state index contributed by atoms with van der Waals surface area (Å²) in [7, 11) is 6.37. The van der Waals surface area contributed by atoms with E-state index in [1.807, 2.05) is 0 Å². The number of ether oxygens (including phenoxy) is 1. The average molecular weight is 486 g/mol. The molecule has 0 saturated carbocycles. The van der Waals surface area contributed by atoms with Crippen molar-refractivity contribution in [1.29, 1.82) is 0 Å². The summed E-state index contributed by atoms with van der Waals surface area (Å²) >= 11 is 0. The number of fused-ring (bicyclic) bond motifs is 1. The van der Waals surface area contributed by atoms with E-state index in [1.165, 1.54) is 39.7 Å². The number of nitrogens with zero attached hydrogens (tertiary/aromatic N) is 3. The topological polar surface area (TPSA) is 170 Å². The standard InChI is InChI=1S/C19H20B2N4O8S/c20-15(21)10-16(26)23-11-17(27)24-6-8-25(9-7-24)34(31,32)14-3-1-2-13-12(14)4-5-22-18(13)33-19(28,29)30/h1-5,10,28-30H,6-9,11H2,(H,23,26). The van der Waals surface area contributed by atoms with Crippen molar-refractivity contribution < 1.29 is 38.1 Å². The van der Waals surface area contributed by atoms with E-state index < -0.39 is 28.0 Å². The Bertz CT molecular complexity index is 1220. The molecule has 1 aromatic carbocycles. The largest absolute Gasteiger partial charge is 0.454 e. The number of aliphatic hydroxyl groups is 3. The first-order valence-electron chi connectivity index (χ1n) is 9.91. The number of rotatable bonds is 7. The Hall–Kier alpha value is -2.97. The van der Waals surface area contributed by atoms with Crippen molar-refractivity contribution in [2.24, 2.45) is 0 Å². The molecule has 15 heteroatoms. The molecule has 12 nitrogen and oxygen atoms in total. The molecule has 2 amide bonds. The van der Waals surface area contributed by atoms with Gasteiger partial charge in [0.1, 0.15) is 0 Å². The smallest absolute Gasteiger partial charge is 0.398 e. The van der Waals surface area contributed by atoms with Gasteiger partial charge in [0.15, 0.2) is 0 Å². The molecule has 4 N–H and O–H groups in total. The molecule has 34 heavy (non-hydrogen) atoms. The van der Waals surface area contributed by atoms with Crippen molar-refractivity contribution in [3.8, 4) is 5.88 Å². The second-order valence-electron chi connectivity index (χ2n) is 7.29. The first-order chi connectivity index (χ1) is 15.9. The van der Waals surface area contributed by atoms with Gasteiger partial charge in [0.25, 0.3) is 0 Å². The molecule has 1 aromatic heterocycles. The van der Waals surface area contributed by atoms with E-state index >= 15 is 0 Å². The van der Waals surface area contributed by atoms with Gasteiger partial charge in [-0.15, -0.1) is 0 Å². The zero-order valence-corrected chi connectivity index (χ0v) is 18.6. The highest BCUT2D eigenvalue weighted by atomic mass is 32.2. The average Bonchev–Trinajstić information content (AvgIpc) is 2.76. The number of hydrogen-bond donors (Lipinski definition) is 4. The molecule has 0 unspecified atom stereocenters. The van der Waals surface area contributed by atoms with E-state index in [0.717, 1.165) is 6.08 Å². The molecular weight excluding hydrogens is 466 g/mol. The van der Waals surface area contributed by atoms with Crippen LogP contribution in [0.25, 0.3) is 10.8 Å². The summed E-state index contributed by atoms with van der Waals surface area (Å²) in [5, 5.41) is 29.7. The fraction of sp³-hybridized carbons (Fsp3) is 0.316. The molecule has 1 aliphatic rings. The third-order valence-corrected chi connectivity index (χ3v) is 6.84. The first-order valence-corrected chi connectivity index (χ1v) is 11.3. The molecule has 0 atom stereocenters. The van der Waals surface area contributed by atoms with E-state index in [-0.39, 0.29) is 59.6 Å². The monoisotopic (exact) mass is 486 g/mol. The Morgan fingerprint density at radius 2 is 1.79 bits per heavy atom. The number of pyridine rings is 1. The van der Waals surface area contributed by atoms with E-state index in [2.05, 4.69) is 15.0 Å². The number of piperazine rings is 1. The summed E-state index contributed by atoms with van der Waals surface area (Å²) in [6, 6.07) is 5.65. The van der Waals surface area contributed by atoms with Crippen LogP contribution in [0.15, 0.2) is 46.8 Å². The molecule has 1 fully saturated rings. The molecule has 0 bridgehead atoms. The molecular formula is C19H20B2N4O8S. The lowest BCUT2D eigenvalue weighted by atomic mass is 9.78. The third kappa shape index (κ3) is 6.12. The predicted molar refractivity (Wildman–Crippen MR) is 120 cm³/mol. The summed E-state index contributed by atoms with van der Waals surface area (Å²) in [6.07, 6.45) is -1.36. The van der Waals surface area contributed by atoms with Crippen LogP contribution in [0.1, 0.15) is 0 Å². The van der Waals surface area contributed by atoms with Gasteiger partial charge in [0.2, 0.25) is 27.7 Å². The maximum absolute atomic E-state index is 13.3. The van der Waals surface area contributed by atoms with Crippen LogP contribution in [0, 0.1) is 0 Å². The van der Waals surface area contributed by atoms with Gasteiger partial charge >= 0.3 is 6.16 Å². The molecule has 176 valence electrons. The van der Waals surface area contributed by atoms with E-state index in [4.69, 9.17) is 31.0 Å². The minimum Gasteiger partial charge on any atom is -0.398 e. The minimum atomic E-state index is -4.02. The normalized spacial score (nSPS) is 15.1. The fourth-order valence-corrected chi connectivity index (χ4v) is 5.01. The Balaban J connectivity index is 1.73. The highest BCUT2D eigenvalue weighted by Gasteiger charge is 2.32. The Kier molecular flexibility index (Phi) is 7.63. The van der Waals surface area contributed by atoms with Gasteiger partial charge in [-0.1, -0.05) is 6.07 Å². The van der Waals surface area contributed by atoms with Gasteiger partial charge in [-0.05, 0) is 24.3 Å². The van der Waals surface area contributed by atoms with Crippen LogP contribution >= 0.6 is 0 Å². The van der Waals surface area contributed by atoms with Crippen LogP contribution in [-0.4, -0.2) is 104 Å². The molecule has 2 aromatic rings. The maximum atomic E-state index is 13.3. The van der Waals surface area contributed by atoms with Gasteiger partial charge in [-0.2, -0.15) is 9.68 Å². The van der Waals surface area contributed by atoms with E-state index in [0.29, 0.717) is 0 Å². The molecule has 0 aliphatic carbocycles. The fourth-order valence-electron chi connectivity index (χ4n) is 3.38. The summed E-state index contributed by atoms with van der Waals surface area (Å²) in [6.45, 7) is -0.0708. The molecule has 1 saturated heterocycles. The number of hydrogen-bond acceptors (Lipinski definition) is 9. The lowest BCUT2D eigenvalue weighted by Crippen LogP contribution is -2.52. The predicted octanol–water partition coefficient (Wildman–Crippen LogP) is -2.67. The minimum absolute atomic E-state index is 0.00945. The zero-order chi connectivity index (χ0) is 25.1. The second-order valence-corrected chi connectivity index (χ2v) is 9.20. The summed E-state index contributed by atoms with van der Waals surface area (Å²) < 4.78 is 32.4. The number of carbonyl (C=O) groups excluding carboxylic acids is 2. The van der Waals surface area contributed by atoms with Crippen LogP contribution in [0.4, 0.5) is 0 Å². The van der Waals surface area contributed by atoms with Crippen molar-refractivity contribution in [2.45, 2.75) is 11.1 Å². The molecule has 3 rings (SSSR count). The number of carbonyl (C=O) groups is 2. The van der Waals surface area contributed by atoms with Gasteiger partial charge in [0, 0.05) is 43.1 Å². The third-order valence-electron chi connectivity index (χ3n) is 4.88. The number of aromatic nitrogens is 1. The quantitative estimate of drug-likeness (QED) is 0.185. The SMILES string of the molecule is [B]C([B])=CC(=O)NCC(=O)N1CCN(S(=O)(=O)c2cccc3c(OC(O)(O)O)nccc23)CC1. The Labute approximate surface area is 197 Å². The van der Waals surface area contributed by atoms with Crippen LogP contribution in [0.5, 0.6) is 5.88 Å². The molecule has 1 aliphatic heterocycles. The molecule has 0 spiro atoms. The van der Waals surface area contributed by atoms with E-state index in [9.17, 15) is 18.0 Å². The first kappa shape index (κ1) is 25.6. The molecule has 4 radical (unpaired) electrons. The van der Waals surface area contributed by atoms with Crippen molar-refractivity contribution in [3.63, 3.8) is 0 Å². The van der Waals surface area contributed by atoms with Gasteiger partial charge in [0.05, 0.1) is 27.1 Å². The van der Waals surface area contributed by atoms with Crippen molar-refractivity contribution in [1.82, 2.24) is 19.5 Å².